The number of anilines is 2. The second-order valence-corrected chi connectivity index (χ2v) is 5.49. The molecule has 0 aliphatic carbocycles. The first kappa shape index (κ1) is 14.3. The average molecular weight is 316 g/mol. The number of hydrogen-bond acceptors (Lipinski definition) is 5. The standard InChI is InChI=1S/C18H16N6/c1-12-13(2)24(15-8-4-6-10-20-15)18-16(12)17(21-11-22-18)23-14-7-3-5-9-19-14/h3-11H,1-2H3,(H,19,21,22,23). The number of nitrogens with one attached hydrogen (secondary N) is 1. The minimum atomic E-state index is 0.744. The predicted octanol–water partition coefficient (Wildman–Crippen LogP) is 3.57. The summed E-state index contributed by atoms with van der Waals surface area (Å²) in [6.45, 7) is 4.14. The lowest BCUT2D eigenvalue weighted by atomic mass is 10.2. The largest absolute Gasteiger partial charge is 0.324 e. The molecule has 4 aromatic rings. The molecule has 1 N–H and O–H groups in total. The third-order valence-corrected chi connectivity index (χ3v) is 4.08. The van der Waals surface area contributed by atoms with E-state index in [0.717, 1.165) is 39.7 Å². The Morgan fingerprint density at radius 1 is 0.875 bits per heavy atom. The Balaban J connectivity index is 1.93. The number of pyridine rings is 2. The van der Waals surface area contributed by atoms with Crippen LogP contribution >= 0.6 is 0 Å². The lowest BCUT2D eigenvalue weighted by molar-refractivity contribution is 0.966. The minimum absolute atomic E-state index is 0.744. The Bertz CT molecular complexity index is 992. The van der Waals surface area contributed by atoms with Crippen molar-refractivity contribution >= 4 is 22.7 Å². The minimum Gasteiger partial charge on any atom is -0.324 e. The summed E-state index contributed by atoms with van der Waals surface area (Å²) in [6, 6.07) is 11.6. The molecule has 6 heteroatoms. The van der Waals surface area contributed by atoms with Gasteiger partial charge in [-0.25, -0.2) is 19.9 Å². The van der Waals surface area contributed by atoms with E-state index in [1.807, 2.05) is 36.4 Å². The molecule has 0 bridgehead atoms. The van der Waals surface area contributed by atoms with Crippen molar-refractivity contribution in [2.75, 3.05) is 5.32 Å². The van der Waals surface area contributed by atoms with E-state index < -0.39 is 0 Å². The molecule has 0 saturated carbocycles. The number of rotatable bonds is 3. The smallest absolute Gasteiger partial charge is 0.151 e. The second-order valence-electron chi connectivity index (χ2n) is 5.49. The van der Waals surface area contributed by atoms with Crippen molar-refractivity contribution in [3.8, 4) is 5.82 Å². The molecule has 24 heavy (non-hydrogen) atoms. The summed E-state index contributed by atoms with van der Waals surface area (Å²) in [6.07, 6.45) is 5.09. The summed E-state index contributed by atoms with van der Waals surface area (Å²) in [5, 5.41) is 4.26. The zero-order chi connectivity index (χ0) is 16.5. The van der Waals surface area contributed by atoms with Gasteiger partial charge in [-0.1, -0.05) is 12.1 Å². The highest BCUT2D eigenvalue weighted by atomic mass is 15.1. The van der Waals surface area contributed by atoms with Gasteiger partial charge in [0, 0.05) is 18.1 Å². The van der Waals surface area contributed by atoms with Crippen molar-refractivity contribution in [1.29, 1.82) is 0 Å². The van der Waals surface area contributed by atoms with E-state index in [0.29, 0.717) is 0 Å². The van der Waals surface area contributed by atoms with Crippen molar-refractivity contribution in [3.63, 3.8) is 0 Å². The molecule has 0 fully saturated rings. The van der Waals surface area contributed by atoms with Crippen molar-refractivity contribution in [1.82, 2.24) is 24.5 Å². The summed E-state index contributed by atoms with van der Waals surface area (Å²) in [5.74, 6) is 2.34. The summed E-state index contributed by atoms with van der Waals surface area (Å²) in [4.78, 5) is 17.7. The van der Waals surface area contributed by atoms with Gasteiger partial charge < -0.3 is 5.32 Å². The molecule has 0 aliphatic heterocycles. The van der Waals surface area contributed by atoms with Crippen molar-refractivity contribution in [2.45, 2.75) is 13.8 Å². The lowest BCUT2D eigenvalue weighted by Crippen LogP contribution is -2.01. The monoisotopic (exact) mass is 316 g/mol. The van der Waals surface area contributed by atoms with Gasteiger partial charge in [-0.2, -0.15) is 0 Å². The van der Waals surface area contributed by atoms with Crippen LogP contribution in [0, 0.1) is 13.8 Å². The molecule has 4 aromatic heterocycles. The molecule has 118 valence electrons. The van der Waals surface area contributed by atoms with Crippen LogP contribution in [0.2, 0.25) is 0 Å². The molecule has 6 nitrogen and oxygen atoms in total. The molecule has 0 saturated heterocycles. The van der Waals surface area contributed by atoms with E-state index in [1.165, 1.54) is 0 Å². The zero-order valence-electron chi connectivity index (χ0n) is 13.4. The summed E-state index contributed by atoms with van der Waals surface area (Å²) >= 11 is 0. The van der Waals surface area contributed by atoms with Crippen LogP contribution < -0.4 is 5.32 Å². The predicted molar refractivity (Wildman–Crippen MR) is 93.7 cm³/mol. The first-order chi connectivity index (χ1) is 11.8. The maximum atomic E-state index is 4.49. The Morgan fingerprint density at radius 3 is 2.38 bits per heavy atom. The van der Waals surface area contributed by atoms with E-state index in [2.05, 4.69) is 43.7 Å². The molecule has 0 aromatic carbocycles. The van der Waals surface area contributed by atoms with Gasteiger partial charge >= 0.3 is 0 Å². The molecule has 0 unspecified atom stereocenters. The number of fused-ring (bicyclic) bond motifs is 1. The Kier molecular flexibility index (Phi) is 3.42. The van der Waals surface area contributed by atoms with Crippen molar-refractivity contribution in [2.24, 2.45) is 0 Å². The maximum absolute atomic E-state index is 4.49. The third kappa shape index (κ3) is 2.28. The normalized spacial score (nSPS) is 10.9. The highest BCUT2D eigenvalue weighted by Crippen LogP contribution is 2.31. The fourth-order valence-corrected chi connectivity index (χ4v) is 2.82. The second kappa shape index (κ2) is 5.73. The molecule has 4 heterocycles. The van der Waals surface area contributed by atoms with E-state index in [4.69, 9.17) is 0 Å². The molecule has 0 atom stereocenters. The van der Waals surface area contributed by atoms with Gasteiger partial charge in [0.15, 0.2) is 5.65 Å². The molecular formula is C18H16N6. The topological polar surface area (TPSA) is 68.5 Å². The van der Waals surface area contributed by atoms with Gasteiger partial charge in [-0.15, -0.1) is 0 Å². The quantitative estimate of drug-likeness (QED) is 0.626. The van der Waals surface area contributed by atoms with Crippen LogP contribution in [0.4, 0.5) is 11.6 Å². The van der Waals surface area contributed by atoms with E-state index in [1.54, 1.807) is 18.7 Å². The average Bonchev–Trinajstić information content (AvgIpc) is 2.88. The summed E-state index contributed by atoms with van der Waals surface area (Å²) in [7, 11) is 0. The molecule has 4 rings (SSSR count). The molecule has 0 amide bonds. The zero-order valence-corrected chi connectivity index (χ0v) is 13.4. The maximum Gasteiger partial charge on any atom is 0.151 e. The summed E-state index contributed by atoms with van der Waals surface area (Å²) in [5.41, 5.74) is 3.04. The highest BCUT2D eigenvalue weighted by Gasteiger charge is 2.18. The first-order valence-corrected chi connectivity index (χ1v) is 7.68. The molecule has 0 aliphatic rings. The molecular weight excluding hydrogens is 300 g/mol. The van der Waals surface area contributed by atoms with Crippen LogP contribution in [-0.2, 0) is 0 Å². The van der Waals surface area contributed by atoms with Gasteiger partial charge in [0.2, 0.25) is 0 Å². The van der Waals surface area contributed by atoms with Gasteiger partial charge in [0.25, 0.3) is 0 Å². The van der Waals surface area contributed by atoms with Crippen molar-refractivity contribution < 1.29 is 0 Å². The molecule has 0 spiro atoms. The SMILES string of the molecule is Cc1c(C)n(-c2ccccn2)c2ncnc(Nc3ccccn3)c12. The van der Waals surface area contributed by atoms with Crippen LogP contribution in [0.1, 0.15) is 11.3 Å². The highest BCUT2D eigenvalue weighted by molar-refractivity contribution is 5.94. The van der Waals surface area contributed by atoms with Gasteiger partial charge in [0.05, 0.1) is 5.39 Å². The number of hydrogen-bond donors (Lipinski definition) is 1. The fraction of sp³-hybridized carbons (Fsp3) is 0.111. The van der Waals surface area contributed by atoms with Crippen molar-refractivity contribution in [3.05, 3.63) is 66.4 Å². The first-order valence-electron chi connectivity index (χ1n) is 7.68. The third-order valence-electron chi connectivity index (χ3n) is 4.08. The number of aromatic nitrogens is 5. The van der Waals surface area contributed by atoms with E-state index >= 15 is 0 Å². The van der Waals surface area contributed by atoms with Crippen LogP contribution in [0.3, 0.4) is 0 Å². The fourth-order valence-electron chi connectivity index (χ4n) is 2.82. The van der Waals surface area contributed by atoms with Crippen LogP contribution in [0.15, 0.2) is 55.1 Å². The molecule has 0 radical (unpaired) electrons. The van der Waals surface area contributed by atoms with Crippen LogP contribution in [0.25, 0.3) is 16.9 Å². The number of nitrogens with zero attached hydrogens (tertiary/aromatic N) is 5. The Morgan fingerprint density at radius 2 is 1.67 bits per heavy atom. The van der Waals surface area contributed by atoms with E-state index in [9.17, 15) is 0 Å². The lowest BCUT2D eigenvalue weighted by Gasteiger charge is -2.07. The summed E-state index contributed by atoms with van der Waals surface area (Å²) < 4.78 is 2.05. The Hall–Kier alpha value is -3.28. The van der Waals surface area contributed by atoms with Crippen LogP contribution in [0.5, 0.6) is 0 Å². The van der Waals surface area contributed by atoms with Gasteiger partial charge in [0.1, 0.15) is 23.8 Å². The van der Waals surface area contributed by atoms with Crippen LogP contribution in [-0.4, -0.2) is 24.5 Å². The van der Waals surface area contributed by atoms with Gasteiger partial charge in [-0.05, 0) is 43.7 Å². The number of aryl methyl sites for hydroxylation is 1. The van der Waals surface area contributed by atoms with E-state index in [-0.39, 0.29) is 0 Å². The van der Waals surface area contributed by atoms with Gasteiger partial charge in [-0.3, -0.25) is 4.57 Å². The Labute approximate surface area is 139 Å².